The second-order valence-electron chi connectivity index (χ2n) is 6.61. The Balaban J connectivity index is 1.53. The Hall–Kier alpha value is -4.10. The van der Waals surface area contributed by atoms with Gasteiger partial charge in [0, 0.05) is 11.1 Å². The number of amides is 1. The van der Waals surface area contributed by atoms with Crippen molar-refractivity contribution in [2.75, 3.05) is 13.7 Å². The van der Waals surface area contributed by atoms with Crippen molar-refractivity contribution < 1.29 is 23.8 Å². The molecule has 0 radical (unpaired) electrons. The maximum Gasteiger partial charge on any atom is 0.336 e. The molecule has 3 rings (SSSR count). The van der Waals surface area contributed by atoms with E-state index in [0.29, 0.717) is 22.1 Å². The number of halogens is 1. The van der Waals surface area contributed by atoms with Gasteiger partial charge in [0.15, 0.2) is 18.1 Å². The molecule has 1 amide bonds. The Bertz CT molecular complexity index is 1160. The molecule has 0 unspecified atom stereocenters. The smallest absolute Gasteiger partial charge is 0.336 e. The summed E-state index contributed by atoms with van der Waals surface area (Å²) in [6.45, 7) is -0.216. The van der Waals surface area contributed by atoms with Gasteiger partial charge < -0.3 is 14.2 Å². The fraction of sp³-hybridized carbons (Fsp3) is 0.0800. The monoisotopic (exact) mass is 464 g/mol. The van der Waals surface area contributed by atoms with Crippen molar-refractivity contribution in [3.63, 3.8) is 0 Å². The Labute approximate surface area is 196 Å². The number of carbonyl (C=O) groups is 2. The zero-order valence-corrected chi connectivity index (χ0v) is 18.5. The Morgan fingerprint density at radius 3 is 2.55 bits per heavy atom. The van der Waals surface area contributed by atoms with E-state index in [0.717, 1.165) is 5.56 Å². The molecular formula is C25H21ClN2O5. The molecule has 1 N–H and O–H groups in total. The third kappa shape index (κ3) is 7.83. The number of hydrogen-bond acceptors (Lipinski definition) is 6. The van der Waals surface area contributed by atoms with Gasteiger partial charge in [0.1, 0.15) is 5.75 Å². The van der Waals surface area contributed by atoms with Gasteiger partial charge in [-0.15, -0.1) is 0 Å². The summed E-state index contributed by atoms with van der Waals surface area (Å²) < 4.78 is 16.0. The molecule has 0 aromatic heterocycles. The third-order valence-electron chi connectivity index (χ3n) is 4.18. The van der Waals surface area contributed by atoms with Crippen molar-refractivity contribution in [2.45, 2.75) is 0 Å². The maximum absolute atomic E-state index is 12.1. The molecule has 0 saturated carbocycles. The number of ether oxygens (including phenoxy) is 3. The number of nitrogens with zero attached hydrogens (tertiary/aromatic N) is 1. The minimum atomic E-state index is -0.537. The Morgan fingerprint density at radius 2 is 1.79 bits per heavy atom. The van der Waals surface area contributed by atoms with Gasteiger partial charge in [-0.1, -0.05) is 48.0 Å². The van der Waals surface area contributed by atoms with E-state index in [1.165, 1.54) is 19.4 Å². The van der Waals surface area contributed by atoms with Gasteiger partial charge in [0.05, 0.1) is 13.3 Å². The lowest BCUT2D eigenvalue weighted by atomic mass is 10.2. The summed E-state index contributed by atoms with van der Waals surface area (Å²) in [4.78, 5) is 24.0. The first-order chi connectivity index (χ1) is 16.0. The summed E-state index contributed by atoms with van der Waals surface area (Å²) in [5, 5.41) is 4.41. The van der Waals surface area contributed by atoms with Crippen LogP contribution in [0.4, 0.5) is 0 Å². The predicted octanol–water partition coefficient (Wildman–Crippen LogP) is 4.50. The molecule has 0 atom stereocenters. The van der Waals surface area contributed by atoms with E-state index in [4.69, 9.17) is 25.8 Å². The largest absolute Gasteiger partial charge is 0.493 e. The number of carbonyl (C=O) groups excluding carboxylic acids is 2. The molecule has 0 aliphatic carbocycles. The topological polar surface area (TPSA) is 86.2 Å². The normalized spacial score (nSPS) is 10.8. The zero-order chi connectivity index (χ0) is 23.5. The van der Waals surface area contributed by atoms with Crippen LogP contribution in [0.15, 0.2) is 84.0 Å². The summed E-state index contributed by atoms with van der Waals surface area (Å²) in [6.07, 6.45) is 4.43. The first-order valence-electron chi connectivity index (χ1n) is 9.87. The lowest BCUT2D eigenvalue weighted by molar-refractivity contribution is -0.129. The molecule has 0 aliphatic rings. The number of benzene rings is 3. The highest BCUT2D eigenvalue weighted by Crippen LogP contribution is 2.28. The average molecular weight is 465 g/mol. The van der Waals surface area contributed by atoms with Gasteiger partial charge in [0.2, 0.25) is 0 Å². The SMILES string of the molecule is COc1cc(/C=N/NC(=O)COc2cccc(Cl)c2)ccc1OC(=O)/C=C/c1ccccc1. The highest BCUT2D eigenvalue weighted by Gasteiger charge is 2.09. The second-order valence-corrected chi connectivity index (χ2v) is 7.05. The minimum absolute atomic E-state index is 0.216. The molecule has 8 heteroatoms. The molecule has 3 aromatic carbocycles. The highest BCUT2D eigenvalue weighted by molar-refractivity contribution is 6.30. The lowest BCUT2D eigenvalue weighted by Gasteiger charge is -2.08. The van der Waals surface area contributed by atoms with E-state index in [9.17, 15) is 9.59 Å². The third-order valence-corrected chi connectivity index (χ3v) is 4.41. The number of esters is 1. The number of nitrogens with one attached hydrogen (secondary N) is 1. The molecule has 168 valence electrons. The molecule has 0 bridgehead atoms. The summed E-state index contributed by atoms with van der Waals surface area (Å²) in [5.41, 5.74) is 3.88. The summed E-state index contributed by atoms with van der Waals surface area (Å²) >= 11 is 5.87. The van der Waals surface area contributed by atoms with Gasteiger partial charge >= 0.3 is 5.97 Å². The molecule has 0 saturated heterocycles. The molecule has 0 fully saturated rings. The van der Waals surface area contributed by atoms with E-state index in [1.807, 2.05) is 30.3 Å². The van der Waals surface area contributed by atoms with Gasteiger partial charge in [0.25, 0.3) is 5.91 Å². The van der Waals surface area contributed by atoms with Crippen LogP contribution in [-0.4, -0.2) is 31.8 Å². The van der Waals surface area contributed by atoms with E-state index in [1.54, 1.807) is 48.5 Å². The van der Waals surface area contributed by atoms with Crippen molar-refractivity contribution >= 4 is 35.8 Å². The molecular weight excluding hydrogens is 444 g/mol. The summed E-state index contributed by atoms with van der Waals surface area (Å²) in [7, 11) is 1.46. The Kier molecular flexibility index (Phi) is 8.62. The van der Waals surface area contributed by atoms with Crippen LogP contribution in [-0.2, 0) is 9.59 Å². The molecule has 3 aromatic rings. The molecule has 0 spiro atoms. The van der Waals surface area contributed by atoms with Crippen LogP contribution in [0.1, 0.15) is 11.1 Å². The summed E-state index contributed by atoms with van der Waals surface area (Å²) in [5.74, 6) is 0.113. The number of rotatable bonds is 9. The number of hydrogen-bond donors (Lipinski definition) is 1. The molecule has 7 nitrogen and oxygen atoms in total. The fourth-order valence-corrected chi connectivity index (χ4v) is 2.82. The Morgan fingerprint density at radius 1 is 0.970 bits per heavy atom. The van der Waals surface area contributed by atoms with Crippen LogP contribution in [0.3, 0.4) is 0 Å². The number of hydrazone groups is 1. The van der Waals surface area contributed by atoms with Crippen molar-refractivity contribution in [1.82, 2.24) is 5.43 Å². The van der Waals surface area contributed by atoms with Crippen molar-refractivity contribution in [3.05, 3.63) is 95.0 Å². The molecule has 0 aliphatic heterocycles. The van der Waals surface area contributed by atoms with E-state index in [2.05, 4.69) is 10.5 Å². The van der Waals surface area contributed by atoms with Crippen molar-refractivity contribution in [2.24, 2.45) is 5.10 Å². The van der Waals surface area contributed by atoms with Crippen LogP contribution in [0.5, 0.6) is 17.2 Å². The maximum atomic E-state index is 12.1. The van der Waals surface area contributed by atoms with Crippen LogP contribution < -0.4 is 19.6 Å². The molecule has 33 heavy (non-hydrogen) atoms. The van der Waals surface area contributed by atoms with E-state index in [-0.39, 0.29) is 12.4 Å². The summed E-state index contributed by atoms with van der Waals surface area (Å²) in [6, 6.07) is 21.0. The lowest BCUT2D eigenvalue weighted by Crippen LogP contribution is -2.24. The van der Waals surface area contributed by atoms with Crippen LogP contribution in [0, 0.1) is 0 Å². The van der Waals surface area contributed by atoms with Crippen LogP contribution in [0.25, 0.3) is 6.08 Å². The fourth-order valence-electron chi connectivity index (χ4n) is 2.64. The van der Waals surface area contributed by atoms with E-state index >= 15 is 0 Å². The van der Waals surface area contributed by atoms with Gasteiger partial charge in [-0.25, -0.2) is 10.2 Å². The van der Waals surface area contributed by atoms with E-state index < -0.39 is 11.9 Å². The van der Waals surface area contributed by atoms with Crippen molar-refractivity contribution in [3.8, 4) is 17.2 Å². The van der Waals surface area contributed by atoms with Crippen molar-refractivity contribution in [1.29, 1.82) is 0 Å². The second kappa shape index (κ2) is 12.1. The van der Waals surface area contributed by atoms with Gasteiger partial charge in [-0.3, -0.25) is 4.79 Å². The zero-order valence-electron chi connectivity index (χ0n) is 17.7. The quantitative estimate of drug-likeness (QED) is 0.166. The standard InChI is InChI=1S/C25H21ClN2O5/c1-31-23-14-19(16-27-28-24(29)17-32-21-9-5-8-20(26)15-21)10-12-22(23)33-25(30)13-11-18-6-3-2-4-7-18/h2-16H,17H2,1H3,(H,28,29)/b13-11+,27-16+. The minimum Gasteiger partial charge on any atom is -0.493 e. The first-order valence-corrected chi connectivity index (χ1v) is 10.2. The average Bonchev–Trinajstić information content (AvgIpc) is 2.83. The predicted molar refractivity (Wildman–Crippen MR) is 127 cm³/mol. The first kappa shape index (κ1) is 23.6. The number of methoxy groups -OCH3 is 1. The van der Waals surface area contributed by atoms with Gasteiger partial charge in [-0.2, -0.15) is 5.10 Å². The van der Waals surface area contributed by atoms with Gasteiger partial charge in [-0.05, 0) is 53.6 Å². The van der Waals surface area contributed by atoms with Crippen LogP contribution >= 0.6 is 11.6 Å². The molecule has 0 heterocycles. The van der Waals surface area contributed by atoms with Crippen LogP contribution in [0.2, 0.25) is 5.02 Å². The highest BCUT2D eigenvalue weighted by atomic mass is 35.5.